The molecule has 4 heterocycles. The van der Waals surface area contributed by atoms with Crippen LogP contribution in [0.4, 0.5) is 0 Å². The van der Waals surface area contributed by atoms with Crippen molar-refractivity contribution in [1.82, 2.24) is 29.9 Å². The fraction of sp³-hybridized carbons (Fsp3) is 0. The van der Waals surface area contributed by atoms with E-state index >= 15 is 0 Å². The van der Waals surface area contributed by atoms with Gasteiger partial charge in [0.25, 0.3) is 0 Å². The molecule has 7 heteroatoms. The van der Waals surface area contributed by atoms with E-state index in [2.05, 4.69) is 175 Å². The van der Waals surface area contributed by atoms with E-state index in [4.69, 9.17) is 29.3 Å². The maximum absolute atomic E-state index is 7.08. The van der Waals surface area contributed by atoms with Gasteiger partial charge in [0, 0.05) is 33.8 Å². The summed E-state index contributed by atoms with van der Waals surface area (Å²) >= 11 is 0. The SMILES string of the molecule is c1ccc(-c2nc(-c3ccc(-c4nc(-c5cc6ccccc6c6ccccc56)c5oc6c7ccccc7c7ccccc7c6c5n4)cc3)nc(-c3cc4ccccc4c4ccccc34)n2)nc1. The van der Waals surface area contributed by atoms with E-state index in [9.17, 15) is 0 Å². The molecule has 4 aromatic heterocycles. The summed E-state index contributed by atoms with van der Waals surface area (Å²) in [7, 11) is 0. The molecule has 0 bridgehead atoms. The lowest BCUT2D eigenvalue weighted by atomic mass is 9.94. The Morgan fingerprint density at radius 2 is 0.776 bits per heavy atom. The highest BCUT2D eigenvalue weighted by Crippen LogP contribution is 2.45. The van der Waals surface area contributed by atoms with E-state index in [1.54, 1.807) is 6.20 Å². The third-order valence-electron chi connectivity index (χ3n) is 13.2. The molecule has 310 valence electrons. The quantitative estimate of drug-likeness (QED) is 0.159. The lowest BCUT2D eigenvalue weighted by molar-refractivity contribution is 0.671. The van der Waals surface area contributed by atoms with Gasteiger partial charge in [0.15, 0.2) is 28.9 Å². The van der Waals surface area contributed by atoms with Crippen molar-refractivity contribution in [2.45, 2.75) is 0 Å². The Morgan fingerprint density at radius 1 is 0.313 bits per heavy atom. The molecule has 67 heavy (non-hydrogen) atoms. The fourth-order valence-corrected chi connectivity index (χ4v) is 10.1. The summed E-state index contributed by atoms with van der Waals surface area (Å²) in [6.45, 7) is 0. The van der Waals surface area contributed by atoms with Gasteiger partial charge >= 0.3 is 0 Å². The number of hydrogen-bond donors (Lipinski definition) is 0. The monoisotopic (exact) mass is 854 g/mol. The molecule has 0 aliphatic heterocycles. The van der Waals surface area contributed by atoms with Crippen LogP contribution in [0.2, 0.25) is 0 Å². The Balaban J connectivity index is 0.994. The van der Waals surface area contributed by atoms with Gasteiger partial charge < -0.3 is 4.42 Å². The number of fused-ring (bicyclic) bond motifs is 14. The Morgan fingerprint density at radius 3 is 1.40 bits per heavy atom. The third-order valence-corrected chi connectivity index (χ3v) is 13.2. The molecule has 0 saturated heterocycles. The molecular formula is C60H34N6O. The molecule has 0 N–H and O–H groups in total. The standard InChI is InChI=1S/C60H34N6O/c1-3-17-39-37(15-1)33-49(45-23-7-5-19-41(39)45)53-56-54(52-47-25-11-9-21-43(47)44-22-10-12-26-48(44)55(52)67-56)63-57(62-53)35-28-30-36(31-29-35)58-64-59(66-60(65-58)51-27-13-14-32-61-51)50-34-38-16-2-4-18-40(38)42-20-6-8-24-46(42)50/h1-34H. The largest absolute Gasteiger partial charge is 0.451 e. The molecule has 0 atom stereocenters. The van der Waals surface area contributed by atoms with Crippen molar-refractivity contribution in [2.24, 2.45) is 0 Å². The van der Waals surface area contributed by atoms with Gasteiger partial charge in [0.05, 0.1) is 5.39 Å². The lowest BCUT2D eigenvalue weighted by Crippen LogP contribution is -2.01. The highest BCUT2D eigenvalue weighted by atomic mass is 16.3. The van der Waals surface area contributed by atoms with Crippen LogP contribution >= 0.6 is 0 Å². The van der Waals surface area contributed by atoms with Crippen LogP contribution in [0.15, 0.2) is 211 Å². The van der Waals surface area contributed by atoms with Gasteiger partial charge in [-0.05, 0) is 83.5 Å². The highest BCUT2D eigenvalue weighted by Gasteiger charge is 2.24. The number of pyridine rings is 1. The molecule has 0 aliphatic carbocycles. The van der Waals surface area contributed by atoms with Gasteiger partial charge in [-0.15, -0.1) is 0 Å². The fourth-order valence-electron chi connectivity index (χ4n) is 10.1. The summed E-state index contributed by atoms with van der Waals surface area (Å²) in [5, 5.41) is 14.4. The summed E-state index contributed by atoms with van der Waals surface area (Å²) < 4.78 is 7.08. The van der Waals surface area contributed by atoms with Crippen LogP contribution in [-0.2, 0) is 0 Å². The van der Waals surface area contributed by atoms with Crippen LogP contribution in [-0.4, -0.2) is 29.9 Å². The van der Waals surface area contributed by atoms with Crippen LogP contribution in [0.25, 0.3) is 144 Å². The summed E-state index contributed by atoms with van der Waals surface area (Å²) in [6, 6.07) is 69.3. The van der Waals surface area contributed by atoms with Crippen LogP contribution in [0.5, 0.6) is 0 Å². The van der Waals surface area contributed by atoms with Crippen molar-refractivity contribution >= 4 is 86.7 Å². The smallest absolute Gasteiger partial charge is 0.182 e. The van der Waals surface area contributed by atoms with Gasteiger partial charge in [-0.3, -0.25) is 4.98 Å². The second kappa shape index (κ2) is 14.7. The maximum Gasteiger partial charge on any atom is 0.182 e. The Labute approximate surface area is 382 Å². The maximum atomic E-state index is 7.08. The van der Waals surface area contributed by atoms with Crippen molar-refractivity contribution in [3.63, 3.8) is 0 Å². The van der Waals surface area contributed by atoms with E-state index in [0.717, 1.165) is 98.3 Å². The molecule has 0 aliphatic rings. The van der Waals surface area contributed by atoms with Gasteiger partial charge in [0.2, 0.25) is 0 Å². The van der Waals surface area contributed by atoms with Gasteiger partial charge in [-0.25, -0.2) is 24.9 Å². The molecule has 0 saturated carbocycles. The number of nitrogens with zero attached hydrogens (tertiary/aromatic N) is 6. The summed E-state index contributed by atoms with van der Waals surface area (Å²) in [6.07, 6.45) is 1.76. The number of hydrogen-bond acceptors (Lipinski definition) is 7. The third kappa shape index (κ3) is 5.85. The normalized spacial score (nSPS) is 11.9. The van der Waals surface area contributed by atoms with E-state index in [1.807, 2.05) is 30.3 Å². The van der Waals surface area contributed by atoms with Crippen LogP contribution in [0.1, 0.15) is 0 Å². The van der Waals surface area contributed by atoms with Crippen LogP contribution in [0, 0.1) is 0 Å². The second-order valence-electron chi connectivity index (χ2n) is 17.0. The average molecular weight is 855 g/mol. The first kappa shape index (κ1) is 37.2. The first-order valence-corrected chi connectivity index (χ1v) is 22.4. The predicted octanol–water partition coefficient (Wildman–Crippen LogP) is 15.2. The topological polar surface area (TPSA) is 90.5 Å². The van der Waals surface area contributed by atoms with Crippen LogP contribution < -0.4 is 0 Å². The average Bonchev–Trinajstić information content (AvgIpc) is 3.81. The summed E-state index contributed by atoms with van der Waals surface area (Å²) in [5.41, 5.74) is 7.19. The van der Waals surface area contributed by atoms with E-state index in [0.29, 0.717) is 34.6 Å². The van der Waals surface area contributed by atoms with E-state index in [1.165, 1.54) is 10.8 Å². The zero-order chi connectivity index (χ0) is 44.0. The molecule has 0 spiro atoms. The van der Waals surface area contributed by atoms with Gasteiger partial charge in [0.1, 0.15) is 22.5 Å². The molecule has 7 nitrogen and oxygen atoms in total. The Hall–Kier alpha value is -9.20. The summed E-state index contributed by atoms with van der Waals surface area (Å²) in [4.78, 5) is 30.9. The Kier molecular flexibility index (Phi) is 8.15. The number of benzene rings is 10. The molecule has 0 radical (unpaired) electrons. The van der Waals surface area contributed by atoms with Gasteiger partial charge in [-0.1, -0.05) is 176 Å². The highest BCUT2D eigenvalue weighted by molar-refractivity contribution is 6.30. The van der Waals surface area contributed by atoms with Crippen LogP contribution in [0.3, 0.4) is 0 Å². The number of aromatic nitrogens is 6. The molecule has 14 aromatic rings. The van der Waals surface area contributed by atoms with Crippen molar-refractivity contribution in [2.75, 3.05) is 0 Å². The van der Waals surface area contributed by atoms with Crippen molar-refractivity contribution < 1.29 is 4.42 Å². The second-order valence-corrected chi connectivity index (χ2v) is 17.0. The molecular weight excluding hydrogens is 821 g/mol. The minimum atomic E-state index is 0.495. The molecule has 0 fully saturated rings. The predicted molar refractivity (Wildman–Crippen MR) is 273 cm³/mol. The molecule has 10 aromatic carbocycles. The van der Waals surface area contributed by atoms with E-state index < -0.39 is 0 Å². The minimum absolute atomic E-state index is 0.495. The van der Waals surface area contributed by atoms with Gasteiger partial charge in [-0.2, -0.15) is 0 Å². The number of furan rings is 1. The summed E-state index contributed by atoms with van der Waals surface area (Å²) in [5.74, 6) is 2.19. The zero-order valence-corrected chi connectivity index (χ0v) is 35.7. The minimum Gasteiger partial charge on any atom is -0.451 e. The first-order chi connectivity index (χ1) is 33.2. The Bertz CT molecular complexity index is 4340. The molecule has 0 unspecified atom stereocenters. The van der Waals surface area contributed by atoms with E-state index in [-0.39, 0.29) is 0 Å². The molecule has 0 amide bonds. The van der Waals surface area contributed by atoms with Crippen molar-refractivity contribution in [3.8, 4) is 56.9 Å². The lowest BCUT2D eigenvalue weighted by Gasteiger charge is -2.13. The van der Waals surface area contributed by atoms with Crippen molar-refractivity contribution in [3.05, 3.63) is 206 Å². The zero-order valence-electron chi connectivity index (χ0n) is 35.7. The number of rotatable bonds is 5. The first-order valence-electron chi connectivity index (χ1n) is 22.4. The van der Waals surface area contributed by atoms with Crippen molar-refractivity contribution in [1.29, 1.82) is 0 Å². The molecule has 14 rings (SSSR count).